The molecule has 0 aliphatic heterocycles. The van der Waals surface area contributed by atoms with E-state index in [-0.39, 0.29) is 31.5 Å². The summed E-state index contributed by atoms with van der Waals surface area (Å²) >= 11 is 0. The molecule has 35 heavy (non-hydrogen) atoms. The highest BCUT2D eigenvalue weighted by molar-refractivity contribution is 6.03. The third-order valence-corrected chi connectivity index (χ3v) is 5.10. The van der Waals surface area contributed by atoms with E-state index in [1.807, 2.05) is 77.7 Å². The number of likely N-dealkylation sites (N-methyl/N-ethyl adjacent to an activating group) is 1. The number of pyridine rings is 1. The minimum atomic E-state index is -0.574. The van der Waals surface area contributed by atoms with Gasteiger partial charge in [0.2, 0.25) is 5.95 Å². The summed E-state index contributed by atoms with van der Waals surface area (Å²) in [5, 5.41) is 17.3. The third kappa shape index (κ3) is 7.09. The van der Waals surface area contributed by atoms with Crippen molar-refractivity contribution in [3.05, 3.63) is 29.6 Å². The predicted molar refractivity (Wildman–Crippen MR) is 138 cm³/mol. The number of carbonyl (C=O) groups excluding carboxylic acids is 1. The summed E-state index contributed by atoms with van der Waals surface area (Å²) in [6.07, 6.45) is 1.70. The van der Waals surface area contributed by atoms with E-state index in [0.717, 1.165) is 5.56 Å². The Morgan fingerprint density at radius 3 is 2.54 bits per heavy atom. The van der Waals surface area contributed by atoms with Crippen molar-refractivity contribution in [3.8, 4) is 0 Å². The zero-order valence-corrected chi connectivity index (χ0v) is 22.0. The number of hydrogen-bond donors (Lipinski definition) is 2. The van der Waals surface area contributed by atoms with Gasteiger partial charge in [-0.25, -0.2) is 14.8 Å². The lowest BCUT2D eigenvalue weighted by Crippen LogP contribution is -2.28. The number of nitrogens with zero attached hydrogens (tertiary/aromatic N) is 7. The number of hydrogen-bond acceptors (Lipinski definition) is 10. The Morgan fingerprint density at radius 1 is 1.23 bits per heavy atom. The number of nitrogens with one attached hydrogen (secondary N) is 1. The van der Waals surface area contributed by atoms with Gasteiger partial charge in [-0.1, -0.05) is 13.8 Å². The molecule has 3 rings (SSSR count). The first-order chi connectivity index (χ1) is 16.7. The number of esters is 1. The lowest BCUT2D eigenvalue weighted by atomic mass is 10.3. The Morgan fingerprint density at radius 2 is 1.94 bits per heavy atom. The molecule has 0 aromatic carbocycles. The minimum absolute atomic E-state index is 0.0817. The van der Waals surface area contributed by atoms with E-state index in [1.165, 1.54) is 4.68 Å². The highest BCUT2D eigenvalue weighted by atomic mass is 16.5. The molecule has 0 saturated carbocycles. The van der Waals surface area contributed by atoms with Crippen molar-refractivity contribution >= 4 is 34.6 Å². The molecule has 0 amide bonds. The third-order valence-electron chi connectivity index (χ3n) is 5.10. The summed E-state index contributed by atoms with van der Waals surface area (Å²) in [6.45, 7) is 10.8. The molecule has 11 nitrogen and oxygen atoms in total. The van der Waals surface area contributed by atoms with Gasteiger partial charge in [0.05, 0.1) is 13.2 Å². The number of fused-ring (bicyclic) bond motifs is 1. The number of aryl methyl sites for hydroxylation is 1. The number of ether oxygens (including phenoxy) is 1. The van der Waals surface area contributed by atoms with Gasteiger partial charge in [-0.05, 0) is 52.6 Å². The highest BCUT2D eigenvalue weighted by Crippen LogP contribution is 2.29. The number of aromatic nitrogens is 5. The molecule has 0 radical (unpaired) electrons. The van der Waals surface area contributed by atoms with Crippen LogP contribution in [0.4, 0.5) is 17.6 Å². The average molecular weight is 487 g/mol. The fraction of sp³-hybridized carbons (Fsp3) is 0.542. The molecule has 2 N–H and O–H groups in total. The molecule has 0 aliphatic carbocycles. The number of carbonyl (C=O) groups is 1. The fourth-order valence-electron chi connectivity index (χ4n) is 3.06. The number of aliphatic hydroxyl groups excluding tert-OH is 1. The van der Waals surface area contributed by atoms with Gasteiger partial charge < -0.3 is 25.0 Å². The molecule has 3 aromatic heterocycles. The van der Waals surface area contributed by atoms with Crippen LogP contribution in [0.2, 0.25) is 0 Å². The van der Waals surface area contributed by atoms with Gasteiger partial charge in [0.15, 0.2) is 11.5 Å². The first-order valence-corrected chi connectivity index (χ1v) is 11.8. The summed E-state index contributed by atoms with van der Waals surface area (Å²) in [5.41, 5.74) is 1.96. The average Bonchev–Trinajstić information content (AvgIpc) is 3.18. The minimum Gasteiger partial charge on any atom is -0.459 e. The first kappa shape index (κ1) is 27.9. The zero-order chi connectivity index (χ0) is 26.1. The second-order valence-electron chi connectivity index (χ2n) is 8.35. The van der Waals surface area contributed by atoms with E-state index in [2.05, 4.69) is 20.4 Å². The molecule has 192 valence electrons. The van der Waals surface area contributed by atoms with Crippen LogP contribution in [-0.4, -0.2) is 87.7 Å². The van der Waals surface area contributed by atoms with Crippen LogP contribution < -0.4 is 10.2 Å². The van der Waals surface area contributed by atoms with Gasteiger partial charge in [-0.15, -0.1) is 0 Å². The Labute approximate surface area is 207 Å². The van der Waals surface area contributed by atoms with Gasteiger partial charge in [0.25, 0.3) is 0 Å². The SMILES string of the molecule is CC.Cc1ccnc(Nc2nc(N(C)C(C)C)nc3c(C(=O)OCCN(C)C)nn(CCO)c23)c1. The predicted octanol–water partition coefficient (Wildman–Crippen LogP) is 2.85. The van der Waals surface area contributed by atoms with Crippen LogP contribution in [0.25, 0.3) is 11.0 Å². The van der Waals surface area contributed by atoms with E-state index < -0.39 is 5.97 Å². The normalized spacial score (nSPS) is 10.9. The fourth-order valence-corrected chi connectivity index (χ4v) is 3.06. The molecule has 3 heterocycles. The summed E-state index contributed by atoms with van der Waals surface area (Å²) in [7, 11) is 5.68. The van der Waals surface area contributed by atoms with Crippen molar-refractivity contribution in [1.29, 1.82) is 0 Å². The van der Waals surface area contributed by atoms with E-state index in [4.69, 9.17) is 9.72 Å². The van der Waals surface area contributed by atoms with E-state index in [9.17, 15) is 9.90 Å². The number of anilines is 3. The van der Waals surface area contributed by atoms with Crippen molar-refractivity contribution in [1.82, 2.24) is 29.6 Å². The van der Waals surface area contributed by atoms with Crippen molar-refractivity contribution in [3.63, 3.8) is 0 Å². The standard InChI is InChI=1S/C22H32N8O3.C2H6/c1-14(2)29(6)22-25-17-18(21(32)33-12-10-28(4)5)27-30(9-11-31)19(17)20(26-22)24-16-13-15(3)7-8-23-16;1-2/h7-8,13-14,31H,9-12H2,1-6H3,(H,23,24,25,26);1-2H3. The van der Waals surface area contributed by atoms with Crippen LogP contribution in [0.15, 0.2) is 18.3 Å². The molecule has 0 spiro atoms. The monoisotopic (exact) mass is 486 g/mol. The molecule has 11 heteroatoms. The lowest BCUT2D eigenvalue weighted by Gasteiger charge is -2.22. The molecule has 0 unspecified atom stereocenters. The molecular weight excluding hydrogens is 448 g/mol. The molecule has 3 aromatic rings. The van der Waals surface area contributed by atoms with Crippen LogP contribution in [0.3, 0.4) is 0 Å². The zero-order valence-electron chi connectivity index (χ0n) is 22.0. The number of aliphatic hydroxyl groups is 1. The maximum absolute atomic E-state index is 12.9. The molecular formula is C24H38N8O3. The van der Waals surface area contributed by atoms with Crippen LogP contribution in [0.1, 0.15) is 43.7 Å². The Balaban J connectivity index is 0.00000210. The van der Waals surface area contributed by atoms with E-state index >= 15 is 0 Å². The summed E-state index contributed by atoms with van der Waals surface area (Å²) < 4.78 is 6.96. The molecule has 0 aliphatic rings. The van der Waals surface area contributed by atoms with E-state index in [1.54, 1.807) is 6.20 Å². The van der Waals surface area contributed by atoms with Crippen molar-refractivity contribution < 1.29 is 14.6 Å². The Kier molecular flexibility index (Phi) is 10.3. The van der Waals surface area contributed by atoms with Crippen LogP contribution >= 0.6 is 0 Å². The van der Waals surface area contributed by atoms with Gasteiger partial charge in [0, 0.05) is 25.8 Å². The Hall–Kier alpha value is -3.31. The molecule has 0 saturated heterocycles. The lowest BCUT2D eigenvalue weighted by molar-refractivity contribution is 0.0475. The molecule has 0 atom stereocenters. The largest absolute Gasteiger partial charge is 0.459 e. The highest BCUT2D eigenvalue weighted by Gasteiger charge is 2.25. The van der Waals surface area contributed by atoms with E-state index in [0.29, 0.717) is 35.2 Å². The quantitative estimate of drug-likeness (QED) is 0.414. The van der Waals surface area contributed by atoms with Crippen molar-refractivity contribution in [2.45, 2.75) is 47.2 Å². The van der Waals surface area contributed by atoms with Crippen LogP contribution in [0.5, 0.6) is 0 Å². The first-order valence-electron chi connectivity index (χ1n) is 11.8. The summed E-state index contributed by atoms with van der Waals surface area (Å²) in [5.74, 6) is 0.891. The van der Waals surface area contributed by atoms with Gasteiger partial charge in [-0.3, -0.25) is 4.68 Å². The second-order valence-corrected chi connectivity index (χ2v) is 8.35. The summed E-state index contributed by atoms with van der Waals surface area (Å²) in [4.78, 5) is 30.5. The van der Waals surface area contributed by atoms with Gasteiger partial charge >= 0.3 is 5.97 Å². The van der Waals surface area contributed by atoms with Gasteiger partial charge in [0.1, 0.15) is 23.5 Å². The number of rotatable bonds is 10. The maximum Gasteiger partial charge on any atom is 0.361 e. The smallest absolute Gasteiger partial charge is 0.361 e. The van der Waals surface area contributed by atoms with Crippen molar-refractivity contribution in [2.75, 3.05) is 51.1 Å². The second kappa shape index (κ2) is 13.0. The Bertz CT molecular complexity index is 1110. The molecule has 0 fully saturated rings. The van der Waals surface area contributed by atoms with Crippen molar-refractivity contribution in [2.24, 2.45) is 0 Å². The maximum atomic E-state index is 12.9. The summed E-state index contributed by atoms with van der Waals surface area (Å²) in [6, 6.07) is 3.91. The van der Waals surface area contributed by atoms with Crippen LogP contribution in [0, 0.1) is 6.92 Å². The van der Waals surface area contributed by atoms with Gasteiger partial charge in [-0.2, -0.15) is 10.1 Å². The van der Waals surface area contributed by atoms with Crippen LogP contribution in [-0.2, 0) is 11.3 Å². The topological polar surface area (TPSA) is 122 Å². The molecule has 0 bridgehead atoms.